The standard InChI is InChI=1S/C48H36N2/c1-4-14-33(15-5-1)37-24-25-46(49-32-37)41-27-38(26-40(28-41)45-29-36-20-10-11-21-42(36)43-22-12-13-23-44(43)45)39-30-47(34-16-6-2-7-17-34)50-48(31-39)35-18-8-3-9-19-35/h1-11,13-21,23-24,26-32,46H,12,22,25H2. The molecule has 50 heavy (non-hydrogen) atoms. The van der Waals surface area contributed by atoms with Gasteiger partial charge in [0.05, 0.1) is 17.4 Å². The van der Waals surface area contributed by atoms with Gasteiger partial charge in [0.15, 0.2) is 0 Å². The minimum absolute atomic E-state index is 0.0250. The summed E-state index contributed by atoms with van der Waals surface area (Å²) >= 11 is 0. The fourth-order valence-electron chi connectivity index (χ4n) is 7.51. The molecule has 1 unspecified atom stereocenters. The Morgan fingerprint density at radius 2 is 1.16 bits per heavy atom. The van der Waals surface area contributed by atoms with Crippen molar-refractivity contribution >= 4 is 28.6 Å². The molecule has 0 amide bonds. The Hall–Kier alpha value is -6.12. The van der Waals surface area contributed by atoms with E-state index in [0.29, 0.717) is 0 Å². The molecule has 0 bridgehead atoms. The van der Waals surface area contributed by atoms with Crippen molar-refractivity contribution in [2.45, 2.75) is 25.3 Å². The number of nitrogens with zero attached hydrogens (tertiary/aromatic N) is 2. The Morgan fingerprint density at radius 3 is 1.84 bits per heavy atom. The fraction of sp³-hybridized carbons (Fsp3) is 0.0833. The predicted octanol–water partition coefficient (Wildman–Crippen LogP) is 12.5. The molecule has 0 fully saturated rings. The summed E-state index contributed by atoms with van der Waals surface area (Å²) in [5, 5.41) is 2.65. The highest BCUT2D eigenvalue weighted by molar-refractivity contribution is 6.10. The largest absolute Gasteiger partial charge is 0.284 e. The van der Waals surface area contributed by atoms with Gasteiger partial charge in [-0.25, -0.2) is 4.98 Å². The topological polar surface area (TPSA) is 25.2 Å². The van der Waals surface area contributed by atoms with E-state index in [2.05, 4.69) is 176 Å². The third-order valence-corrected chi connectivity index (χ3v) is 10.1. The number of pyridine rings is 1. The highest BCUT2D eigenvalue weighted by atomic mass is 14.8. The Balaban J connectivity index is 1.24. The summed E-state index contributed by atoms with van der Waals surface area (Å²) in [5.74, 6) is 0. The normalized spacial score (nSPS) is 15.1. The van der Waals surface area contributed by atoms with Crippen molar-refractivity contribution in [3.63, 3.8) is 0 Å². The second-order valence-corrected chi connectivity index (χ2v) is 13.2. The molecule has 9 rings (SSSR count). The number of allylic oxidation sites excluding steroid dienone is 2. The zero-order valence-corrected chi connectivity index (χ0v) is 27.8. The lowest BCUT2D eigenvalue weighted by Gasteiger charge is -2.22. The van der Waals surface area contributed by atoms with E-state index >= 15 is 0 Å². The molecule has 238 valence electrons. The van der Waals surface area contributed by atoms with Gasteiger partial charge in [-0.3, -0.25) is 4.99 Å². The van der Waals surface area contributed by atoms with Crippen LogP contribution in [0, 0.1) is 0 Å². The lowest BCUT2D eigenvalue weighted by molar-refractivity contribution is 0.743. The first-order chi connectivity index (χ1) is 24.8. The van der Waals surface area contributed by atoms with Crippen LogP contribution in [0.25, 0.3) is 67.2 Å². The average Bonchev–Trinajstić information content (AvgIpc) is 3.21. The number of rotatable bonds is 6. The third-order valence-electron chi connectivity index (χ3n) is 10.1. The molecule has 1 aromatic heterocycles. The quantitative estimate of drug-likeness (QED) is 0.178. The van der Waals surface area contributed by atoms with Crippen molar-refractivity contribution in [3.8, 4) is 44.8 Å². The van der Waals surface area contributed by atoms with Crippen LogP contribution in [0.2, 0.25) is 0 Å². The first kappa shape index (κ1) is 30.0. The van der Waals surface area contributed by atoms with Crippen molar-refractivity contribution in [1.29, 1.82) is 0 Å². The summed E-state index contributed by atoms with van der Waals surface area (Å²) in [6.45, 7) is 0. The lowest BCUT2D eigenvalue weighted by Crippen LogP contribution is -2.03. The molecule has 6 aromatic carbocycles. The first-order valence-electron chi connectivity index (χ1n) is 17.6. The monoisotopic (exact) mass is 640 g/mol. The molecule has 2 heteroatoms. The first-order valence-corrected chi connectivity index (χ1v) is 17.6. The number of hydrogen-bond acceptors (Lipinski definition) is 2. The summed E-state index contributed by atoms with van der Waals surface area (Å²) in [5.41, 5.74) is 15.3. The van der Waals surface area contributed by atoms with E-state index in [1.807, 2.05) is 0 Å². The maximum absolute atomic E-state index is 5.18. The number of hydrogen-bond donors (Lipinski definition) is 0. The minimum atomic E-state index is 0.0250. The molecule has 7 aromatic rings. The Labute approximate surface area is 293 Å². The van der Waals surface area contributed by atoms with Gasteiger partial charge >= 0.3 is 0 Å². The molecule has 2 nitrogen and oxygen atoms in total. The van der Waals surface area contributed by atoms with Gasteiger partial charge in [-0.1, -0.05) is 133 Å². The van der Waals surface area contributed by atoms with Crippen molar-refractivity contribution in [2.75, 3.05) is 0 Å². The lowest BCUT2D eigenvalue weighted by atomic mass is 9.84. The highest BCUT2D eigenvalue weighted by Gasteiger charge is 2.20. The van der Waals surface area contributed by atoms with Gasteiger partial charge in [0, 0.05) is 17.3 Å². The molecule has 1 atom stereocenters. The fourth-order valence-corrected chi connectivity index (χ4v) is 7.51. The van der Waals surface area contributed by atoms with Crippen LogP contribution in [0.3, 0.4) is 0 Å². The van der Waals surface area contributed by atoms with Crippen LogP contribution in [-0.4, -0.2) is 11.2 Å². The third kappa shape index (κ3) is 5.80. The van der Waals surface area contributed by atoms with Crippen LogP contribution in [0.1, 0.15) is 41.1 Å². The van der Waals surface area contributed by atoms with Crippen molar-refractivity contribution in [3.05, 3.63) is 186 Å². The number of fused-ring (bicyclic) bond motifs is 3. The van der Waals surface area contributed by atoms with Crippen LogP contribution in [0.5, 0.6) is 0 Å². The SMILES string of the molecule is C1=Cc2c(-c3cc(-c4cc(-c5ccccc5)nc(-c5ccccc5)c4)cc(C4CC=C(c5ccccc5)C=N4)c3)cc3ccccc3c2CC1. The van der Waals surface area contributed by atoms with E-state index in [4.69, 9.17) is 9.98 Å². The van der Waals surface area contributed by atoms with Crippen molar-refractivity contribution < 1.29 is 0 Å². The van der Waals surface area contributed by atoms with E-state index in [1.54, 1.807) is 0 Å². The number of aromatic nitrogens is 1. The second kappa shape index (κ2) is 13.1. The van der Waals surface area contributed by atoms with E-state index in [-0.39, 0.29) is 6.04 Å². The summed E-state index contributed by atoms with van der Waals surface area (Å²) < 4.78 is 0. The van der Waals surface area contributed by atoms with E-state index in [0.717, 1.165) is 47.3 Å². The molecule has 0 N–H and O–H groups in total. The molecular formula is C48H36N2. The van der Waals surface area contributed by atoms with Crippen LogP contribution in [0.4, 0.5) is 0 Å². The van der Waals surface area contributed by atoms with E-state index < -0.39 is 0 Å². The van der Waals surface area contributed by atoms with Crippen LogP contribution in [0.15, 0.2) is 169 Å². The van der Waals surface area contributed by atoms with Crippen LogP contribution < -0.4 is 0 Å². The van der Waals surface area contributed by atoms with Crippen LogP contribution in [-0.2, 0) is 6.42 Å². The molecule has 2 aliphatic rings. The van der Waals surface area contributed by atoms with Gasteiger partial charge in [0.2, 0.25) is 0 Å². The Bertz CT molecular complexity index is 2380. The van der Waals surface area contributed by atoms with E-state index in [1.165, 1.54) is 55.3 Å². The molecule has 1 aliphatic carbocycles. The van der Waals surface area contributed by atoms with E-state index in [9.17, 15) is 0 Å². The van der Waals surface area contributed by atoms with Gasteiger partial charge in [-0.05, 0) is 117 Å². The average molecular weight is 641 g/mol. The number of aliphatic imine (C=N–C) groups is 1. The number of aryl methyl sites for hydroxylation is 1. The summed E-state index contributed by atoms with van der Waals surface area (Å²) in [6.07, 6.45) is 12.0. The molecular weight excluding hydrogens is 605 g/mol. The summed E-state index contributed by atoms with van der Waals surface area (Å²) in [4.78, 5) is 10.4. The summed E-state index contributed by atoms with van der Waals surface area (Å²) in [7, 11) is 0. The molecule has 1 aliphatic heterocycles. The highest BCUT2D eigenvalue weighted by Crippen LogP contribution is 2.41. The Kier molecular flexibility index (Phi) is 7.83. The molecule has 0 saturated heterocycles. The van der Waals surface area contributed by atoms with Gasteiger partial charge in [-0.2, -0.15) is 0 Å². The minimum Gasteiger partial charge on any atom is -0.284 e. The molecule has 0 spiro atoms. The number of dihydropyridines is 1. The molecule has 0 saturated carbocycles. The zero-order valence-electron chi connectivity index (χ0n) is 27.8. The number of benzene rings is 6. The Morgan fingerprint density at radius 1 is 0.540 bits per heavy atom. The van der Waals surface area contributed by atoms with Gasteiger partial charge in [0.25, 0.3) is 0 Å². The summed E-state index contributed by atoms with van der Waals surface area (Å²) in [6, 6.07) is 54.5. The maximum atomic E-state index is 5.18. The van der Waals surface area contributed by atoms with Gasteiger partial charge < -0.3 is 0 Å². The predicted molar refractivity (Wildman–Crippen MR) is 211 cm³/mol. The molecule has 2 heterocycles. The smallest absolute Gasteiger partial charge is 0.0784 e. The van der Waals surface area contributed by atoms with Crippen molar-refractivity contribution in [1.82, 2.24) is 4.98 Å². The second-order valence-electron chi connectivity index (χ2n) is 13.2. The maximum Gasteiger partial charge on any atom is 0.0784 e. The van der Waals surface area contributed by atoms with Crippen molar-refractivity contribution in [2.24, 2.45) is 4.99 Å². The zero-order chi connectivity index (χ0) is 33.3. The van der Waals surface area contributed by atoms with Gasteiger partial charge in [-0.15, -0.1) is 0 Å². The van der Waals surface area contributed by atoms with Gasteiger partial charge in [0.1, 0.15) is 0 Å². The molecule has 0 radical (unpaired) electrons. The van der Waals surface area contributed by atoms with Crippen LogP contribution >= 0.6 is 0 Å².